The van der Waals surface area contributed by atoms with Crippen LogP contribution >= 0.6 is 0 Å². The van der Waals surface area contributed by atoms with Crippen molar-refractivity contribution in [3.8, 4) is 6.07 Å². The Kier molecular flexibility index (Phi) is 5.01. The topological polar surface area (TPSA) is 74.0 Å². The highest BCUT2D eigenvalue weighted by Gasteiger charge is 2.53. The van der Waals surface area contributed by atoms with Crippen LogP contribution in [0.25, 0.3) is 0 Å². The quantitative estimate of drug-likeness (QED) is 0.797. The van der Waals surface area contributed by atoms with Gasteiger partial charge in [-0.15, -0.1) is 0 Å². The van der Waals surface area contributed by atoms with Crippen molar-refractivity contribution < 1.29 is 9.90 Å². The number of aliphatic hydroxyl groups excluding tert-OH is 1. The molecule has 3 atom stereocenters. The fourth-order valence-corrected chi connectivity index (χ4v) is 4.08. The number of allylic oxidation sites excluding steroid dienone is 2. The van der Waals surface area contributed by atoms with E-state index in [0.29, 0.717) is 6.42 Å². The van der Waals surface area contributed by atoms with Crippen LogP contribution in [0.1, 0.15) is 40.0 Å². The van der Waals surface area contributed by atoms with Crippen molar-refractivity contribution in [1.29, 1.82) is 5.26 Å². The predicted molar refractivity (Wildman–Crippen MR) is 88.2 cm³/mol. The fourth-order valence-electron chi connectivity index (χ4n) is 4.08. The summed E-state index contributed by atoms with van der Waals surface area (Å²) in [4.78, 5) is 16.0. The minimum Gasteiger partial charge on any atom is -0.393 e. The number of carbonyl (C=O) groups is 1. The molecule has 1 aromatic rings. The molecule has 0 bridgehead atoms. The minimum absolute atomic E-state index is 0.0427. The van der Waals surface area contributed by atoms with Crippen LogP contribution in [0, 0.1) is 28.1 Å². The van der Waals surface area contributed by atoms with E-state index in [4.69, 9.17) is 5.26 Å². The third-order valence-corrected chi connectivity index (χ3v) is 5.12. The summed E-state index contributed by atoms with van der Waals surface area (Å²) < 4.78 is 0. The van der Waals surface area contributed by atoms with Gasteiger partial charge in [-0.25, -0.2) is 0 Å². The number of ketones is 1. The van der Waals surface area contributed by atoms with Gasteiger partial charge in [0, 0.05) is 17.8 Å². The molecule has 23 heavy (non-hydrogen) atoms. The zero-order valence-corrected chi connectivity index (χ0v) is 14.0. The van der Waals surface area contributed by atoms with Crippen LogP contribution in [-0.2, 0) is 4.79 Å². The molecule has 122 valence electrons. The van der Waals surface area contributed by atoms with E-state index in [1.807, 2.05) is 38.1 Å². The second-order valence-electron chi connectivity index (χ2n) is 7.24. The lowest BCUT2D eigenvalue weighted by molar-refractivity contribution is -0.132. The number of Topliss-reactive ketones (excluding diaryl/α,β-unsaturated/α-hetero) is 1. The molecule has 3 unspecified atom stereocenters. The largest absolute Gasteiger partial charge is 0.393 e. The van der Waals surface area contributed by atoms with Crippen molar-refractivity contribution in [1.82, 2.24) is 4.98 Å². The van der Waals surface area contributed by atoms with Crippen molar-refractivity contribution in [3.05, 3.63) is 42.2 Å². The van der Waals surface area contributed by atoms with E-state index >= 15 is 0 Å². The summed E-state index contributed by atoms with van der Waals surface area (Å²) in [5.74, 6) is 0.182. The number of hydrogen-bond donors (Lipinski definition) is 1. The van der Waals surface area contributed by atoms with Crippen molar-refractivity contribution >= 4 is 5.78 Å². The van der Waals surface area contributed by atoms with Gasteiger partial charge < -0.3 is 5.11 Å². The van der Waals surface area contributed by atoms with Gasteiger partial charge in [-0.3, -0.25) is 9.78 Å². The van der Waals surface area contributed by atoms with E-state index in [1.165, 1.54) is 0 Å². The number of carbonyl (C=O) groups excluding carboxylic acids is 1. The number of aliphatic hydroxyl groups is 1. The summed E-state index contributed by atoms with van der Waals surface area (Å²) in [6, 6.07) is 7.73. The molecule has 0 saturated heterocycles. The van der Waals surface area contributed by atoms with Gasteiger partial charge in [0.25, 0.3) is 0 Å². The second-order valence-corrected chi connectivity index (χ2v) is 7.24. The van der Waals surface area contributed by atoms with E-state index in [9.17, 15) is 9.90 Å². The second kappa shape index (κ2) is 6.64. The summed E-state index contributed by atoms with van der Waals surface area (Å²) in [5, 5.41) is 18.9. The Morgan fingerprint density at radius 1 is 1.22 bits per heavy atom. The molecule has 0 spiro atoms. The Bertz CT molecular complexity index is 604. The van der Waals surface area contributed by atoms with Gasteiger partial charge in [0.15, 0.2) is 5.78 Å². The molecule has 1 heterocycles. The fraction of sp³-hybridized carbons (Fsp3) is 0.526. The predicted octanol–water partition coefficient (Wildman–Crippen LogP) is 3.29. The molecule has 4 heteroatoms. The smallest absolute Gasteiger partial charge is 0.178 e. The van der Waals surface area contributed by atoms with E-state index in [2.05, 4.69) is 11.9 Å². The van der Waals surface area contributed by atoms with Gasteiger partial charge in [0.2, 0.25) is 0 Å². The molecule has 0 aromatic carbocycles. The third kappa shape index (κ3) is 3.51. The normalized spacial score (nSPS) is 31.8. The van der Waals surface area contributed by atoms with Crippen LogP contribution < -0.4 is 0 Å². The van der Waals surface area contributed by atoms with Gasteiger partial charge in [-0.2, -0.15) is 5.26 Å². The Morgan fingerprint density at radius 2 is 1.87 bits per heavy atom. The number of pyridine rings is 1. The van der Waals surface area contributed by atoms with Crippen molar-refractivity contribution in [2.24, 2.45) is 16.7 Å². The van der Waals surface area contributed by atoms with E-state index < -0.39 is 5.41 Å². The van der Waals surface area contributed by atoms with E-state index in [1.54, 1.807) is 18.5 Å². The average molecular weight is 312 g/mol. The van der Waals surface area contributed by atoms with Gasteiger partial charge >= 0.3 is 0 Å². The molecule has 1 fully saturated rings. The molecule has 2 aliphatic rings. The minimum atomic E-state index is -0.491. The molecular formula is C19H24N2O2. The lowest BCUT2D eigenvalue weighted by atomic mass is 9.52. The first-order valence-corrected chi connectivity index (χ1v) is 8.02. The van der Waals surface area contributed by atoms with Crippen LogP contribution in [0.5, 0.6) is 0 Å². The maximum atomic E-state index is 12.2. The molecule has 4 nitrogen and oxygen atoms in total. The molecule has 1 saturated carbocycles. The average Bonchev–Trinajstić information content (AvgIpc) is 2.53. The highest BCUT2D eigenvalue weighted by molar-refractivity contribution is 6.04. The standard InChI is InChI=1S/C14H19NO2.C5H5N/c1-13(2)11-5-4-10(16)7-14(11,3)6-9(8-15)12(13)17;1-2-4-6-5-3-1/h6,10-11,16H,4-5,7H2,1-3H3;1-5H. The van der Waals surface area contributed by atoms with Gasteiger partial charge in [0.05, 0.1) is 11.7 Å². The molecular weight excluding hydrogens is 288 g/mol. The van der Waals surface area contributed by atoms with Crippen LogP contribution in [0.15, 0.2) is 42.2 Å². The summed E-state index contributed by atoms with van der Waals surface area (Å²) in [6.07, 6.45) is 7.25. The molecule has 1 aromatic heterocycles. The molecule has 3 rings (SSSR count). The number of nitriles is 1. The molecule has 1 N–H and O–H groups in total. The van der Waals surface area contributed by atoms with Crippen LogP contribution in [0.4, 0.5) is 0 Å². The SMILES string of the molecule is CC12C=C(C#N)C(=O)C(C)(C)C1CCC(O)C2.c1ccncc1. The van der Waals surface area contributed by atoms with Gasteiger partial charge in [0.1, 0.15) is 6.07 Å². The zero-order chi connectivity index (χ0) is 17.1. The molecule has 0 aliphatic heterocycles. The Morgan fingerprint density at radius 3 is 2.35 bits per heavy atom. The van der Waals surface area contributed by atoms with Crippen LogP contribution in [-0.4, -0.2) is 22.0 Å². The van der Waals surface area contributed by atoms with Crippen molar-refractivity contribution in [2.45, 2.75) is 46.1 Å². The first-order chi connectivity index (χ1) is 10.8. The highest BCUT2D eigenvalue weighted by atomic mass is 16.3. The van der Waals surface area contributed by atoms with Gasteiger partial charge in [-0.1, -0.05) is 32.9 Å². The number of hydrogen-bond acceptors (Lipinski definition) is 4. The maximum absolute atomic E-state index is 12.2. The first kappa shape index (κ1) is 17.4. The number of nitrogens with zero attached hydrogens (tertiary/aromatic N) is 2. The molecule has 0 amide bonds. The van der Waals surface area contributed by atoms with Gasteiger partial charge in [-0.05, 0) is 42.7 Å². The number of rotatable bonds is 0. The van der Waals surface area contributed by atoms with E-state index in [-0.39, 0.29) is 28.8 Å². The third-order valence-electron chi connectivity index (χ3n) is 5.12. The Labute approximate surface area is 137 Å². The monoisotopic (exact) mass is 312 g/mol. The van der Waals surface area contributed by atoms with Crippen LogP contribution in [0.2, 0.25) is 0 Å². The van der Waals surface area contributed by atoms with Crippen molar-refractivity contribution in [2.75, 3.05) is 0 Å². The highest BCUT2D eigenvalue weighted by Crippen LogP contribution is 2.54. The lowest BCUT2D eigenvalue weighted by Gasteiger charge is -2.51. The van der Waals surface area contributed by atoms with Crippen LogP contribution in [0.3, 0.4) is 0 Å². The van der Waals surface area contributed by atoms with E-state index in [0.717, 1.165) is 12.8 Å². The number of aromatic nitrogens is 1. The first-order valence-electron chi connectivity index (χ1n) is 8.02. The maximum Gasteiger partial charge on any atom is 0.178 e. The summed E-state index contributed by atoms with van der Waals surface area (Å²) in [7, 11) is 0. The molecule has 0 radical (unpaired) electrons. The Balaban J connectivity index is 0.000000268. The molecule has 2 aliphatic carbocycles. The summed E-state index contributed by atoms with van der Waals surface area (Å²) >= 11 is 0. The lowest BCUT2D eigenvalue weighted by Crippen LogP contribution is -2.50. The Hall–Kier alpha value is -1.99. The number of fused-ring (bicyclic) bond motifs is 1. The summed E-state index contributed by atoms with van der Waals surface area (Å²) in [5.41, 5.74) is -0.447. The van der Waals surface area contributed by atoms with Crippen molar-refractivity contribution in [3.63, 3.8) is 0 Å². The zero-order valence-electron chi connectivity index (χ0n) is 14.0. The summed E-state index contributed by atoms with van der Waals surface area (Å²) in [6.45, 7) is 5.92.